The first-order chi connectivity index (χ1) is 13.3. The number of aryl methyl sites for hydroxylation is 3. The number of H-pyrrole nitrogens is 1. The molecule has 2 aromatic carbocycles. The van der Waals surface area contributed by atoms with Gasteiger partial charge in [-0.2, -0.15) is 0 Å². The van der Waals surface area contributed by atoms with Crippen LogP contribution in [0.1, 0.15) is 38.6 Å². The Morgan fingerprint density at radius 2 is 1.86 bits per heavy atom. The van der Waals surface area contributed by atoms with Crippen molar-refractivity contribution in [1.29, 1.82) is 0 Å². The molecule has 0 fully saturated rings. The molecule has 28 heavy (non-hydrogen) atoms. The van der Waals surface area contributed by atoms with Gasteiger partial charge in [-0.3, -0.25) is 9.78 Å². The standard InChI is InChI=1S/C23H24N4O/c1-13-9-10-18-17(11-13)21(15(3)16(4)24-18)23(28)27(5)12-20-25-19-8-6-7-14(2)22(19)26-20/h6-11H,12H2,1-5H3,(H,25,26). The van der Waals surface area contributed by atoms with Crippen molar-refractivity contribution in [2.75, 3.05) is 7.05 Å². The van der Waals surface area contributed by atoms with Crippen molar-refractivity contribution in [3.05, 3.63) is 70.2 Å². The van der Waals surface area contributed by atoms with Gasteiger partial charge in [-0.05, 0) is 57.0 Å². The molecule has 142 valence electrons. The van der Waals surface area contributed by atoms with Crippen molar-refractivity contribution in [1.82, 2.24) is 19.9 Å². The number of pyridine rings is 1. The molecular weight excluding hydrogens is 348 g/mol. The number of benzene rings is 2. The number of aromatic amines is 1. The number of fused-ring (bicyclic) bond motifs is 2. The second kappa shape index (κ2) is 6.75. The Hall–Kier alpha value is -3.21. The molecule has 2 aromatic heterocycles. The number of nitrogens with one attached hydrogen (secondary N) is 1. The summed E-state index contributed by atoms with van der Waals surface area (Å²) in [7, 11) is 1.82. The van der Waals surface area contributed by atoms with Crippen LogP contribution >= 0.6 is 0 Å². The average molecular weight is 372 g/mol. The summed E-state index contributed by atoms with van der Waals surface area (Å²) < 4.78 is 0. The van der Waals surface area contributed by atoms with Gasteiger partial charge >= 0.3 is 0 Å². The molecule has 0 atom stereocenters. The zero-order chi connectivity index (χ0) is 20.0. The van der Waals surface area contributed by atoms with Gasteiger partial charge in [0.1, 0.15) is 5.82 Å². The Labute approximate surface area is 164 Å². The fraction of sp³-hybridized carbons (Fsp3) is 0.261. The maximum Gasteiger partial charge on any atom is 0.255 e. The molecule has 0 bridgehead atoms. The van der Waals surface area contributed by atoms with Crippen molar-refractivity contribution in [2.45, 2.75) is 34.2 Å². The zero-order valence-electron chi connectivity index (χ0n) is 16.9. The van der Waals surface area contributed by atoms with Crippen molar-refractivity contribution in [2.24, 2.45) is 0 Å². The number of rotatable bonds is 3. The summed E-state index contributed by atoms with van der Waals surface area (Å²) in [5.41, 5.74) is 7.56. The van der Waals surface area contributed by atoms with E-state index in [1.54, 1.807) is 4.90 Å². The minimum Gasteiger partial charge on any atom is -0.340 e. The molecule has 0 aliphatic rings. The van der Waals surface area contributed by atoms with E-state index in [9.17, 15) is 4.79 Å². The van der Waals surface area contributed by atoms with E-state index in [1.165, 1.54) is 0 Å². The van der Waals surface area contributed by atoms with E-state index < -0.39 is 0 Å². The van der Waals surface area contributed by atoms with Crippen LogP contribution in [0.3, 0.4) is 0 Å². The first-order valence-corrected chi connectivity index (χ1v) is 9.42. The van der Waals surface area contributed by atoms with E-state index in [2.05, 4.69) is 15.0 Å². The number of imidazole rings is 1. The average Bonchev–Trinajstić information content (AvgIpc) is 3.07. The lowest BCUT2D eigenvalue weighted by molar-refractivity contribution is 0.0783. The van der Waals surface area contributed by atoms with Crippen molar-refractivity contribution in [3.63, 3.8) is 0 Å². The van der Waals surface area contributed by atoms with Gasteiger partial charge in [0.2, 0.25) is 0 Å². The van der Waals surface area contributed by atoms with Gasteiger partial charge in [0.05, 0.1) is 28.7 Å². The Bertz CT molecular complexity index is 1220. The van der Waals surface area contributed by atoms with Gasteiger partial charge in [-0.25, -0.2) is 4.98 Å². The molecule has 1 amide bonds. The summed E-state index contributed by atoms with van der Waals surface area (Å²) >= 11 is 0. The van der Waals surface area contributed by atoms with E-state index in [4.69, 9.17) is 0 Å². The van der Waals surface area contributed by atoms with Crippen LogP contribution in [0.2, 0.25) is 0 Å². The topological polar surface area (TPSA) is 61.9 Å². The lowest BCUT2D eigenvalue weighted by atomic mass is 9.99. The van der Waals surface area contributed by atoms with Crippen LogP contribution in [-0.4, -0.2) is 32.8 Å². The molecule has 5 heteroatoms. The number of para-hydroxylation sites is 1. The number of nitrogens with zero attached hydrogens (tertiary/aromatic N) is 3. The molecule has 0 saturated heterocycles. The summed E-state index contributed by atoms with van der Waals surface area (Å²) in [4.78, 5) is 27.8. The maximum atomic E-state index is 13.4. The highest BCUT2D eigenvalue weighted by Gasteiger charge is 2.21. The lowest BCUT2D eigenvalue weighted by Crippen LogP contribution is -2.28. The highest BCUT2D eigenvalue weighted by atomic mass is 16.2. The summed E-state index contributed by atoms with van der Waals surface area (Å²) in [6, 6.07) is 12.1. The van der Waals surface area contributed by atoms with Gasteiger partial charge in [0, 0.05) is 18.1 Å². The summed E-state index contributed by atoms with van der Waals surface area (Å²) in [5, 5.41) is 0.903. The number of amides is 1. The molecule has 4 aromatic rings. The van der Waals surface area contributed by atoms with E-state index in [-0.39, 0.29) is 5.91 Å². The zero-order valence-corrected chi connectivity index (χ0v) is 16.9. The van der Waals surface area contributed by atoms with E-state index in [1.807, 2.05) is 71.1 Å². The predicted molar refractivity (Wildman–Crippen MR) is 113 cm³/mol. The quantitative estimate of drug-likeness (QED) is 0.571. The van der Waals surface area contributed by atoms with Crippen LogP contribution in [0, 0.1) is 27.7 Å². The molecule has 0 saturated carbocycles. The van der Waals surface area contributed by atoms with Gasteiger partial charge in [0.25, 0.3) is 5.91 Å². The SMILES string of the molecule is Cc1ccc2nc(C)c(C)c(C(=O)N(C)Cc3nc4c(C)cccc4[nH]3)c2c1. The monoisotopic (exact) mass is 372 g/mol. The van der Waals surface area contributed by atoms with E-state index >= 15 is 0 Å². The fourth-order valence-electron chi connectivity index (χ4n) is 3.66. The predicted octanol–water partition coefficient (Wildman–Crippen LogP) is 4.62. The molecular formula is C23H24N4O. The van der Waals surface area contributed by atoms with Gasteiger partial charge in [-0.1, -0.05) is 23.8 Å². The molecule has 0 aliphatic heterocycles. The molecule has 0 radical (unpaired) electrons. The first kappa shape index (κ1) is 18.2. The Morgan fingerprint density at radius 1 is 1.07 bits per heavy atom. The van der Waals surface area contributed by atoms with E-state index in [0.717, 1.165) is 55.7 Å². The van der Waals surface area contributed by atoms with Crippen LogP contribution in [0.25, 0.3) is 21.9 Å². The van der Waals surface area contributed by atoms with Gasteiger partial charge in [0.15, 0.2) is 0 Å². The smallest absolute Gasteiger partial charge is 0.255 e. The third kappa shape index (κ3) is 3.03. The molecule has 2 heterocycles. The van der Waals surface area contributed by atoms with Gasteiger partial charge < -0.3 is 9.88 Å². The second-order valence-corrected chi connectivity index (χ2v) is 7.53. The second-order valence-electron chi connectivity index (χ2n) is 7.53. The number of carbonyl (C=O) groups is 1. The first-order valence-electron chi connectivity index (χ1n) is 9.42. The lowest BCUT2D eigenvalue weighted by Gasteiger charge is -2.19. The molecule has 1 N–H and O–H groups in total. The summed E-state index contributed by atoms with van der Waals surface area (Å²) in [6.45, 7) is 8.41. The van der Waals surface area contributed by atoms with E-state index in [0.29, 0.717) is 6.54 Å². The van der Waals surface area contributed by atoms with Crippen LogP contribution in [0.15, 0.2) is 36.4 Å². The molecule has 0 aliphatic carbocycles. The maximum absolute atomic E-state index is 13.4. The summed E-state index contributed by atoms with van der Waals surface area (Å²) in [5.74, 6) is 0.764. The minimum atomic E-state index is -0.0178. The molecule has 0 unspecified atom stereocenters. The Kier molecular flexibility index (Phi) is 4.38. The van der Waals surface area contributed by atoms with Crippen molar-refractivity contribution >= 4 is 27.8 Å². The van der Waals surface area contributed by atoms with Crippen LogP contribution < -0.4 is 0 Å². The largest absolute Gasteiger partial charge is 0.340 e. The fourth-order valence-corrected chi connectivity index (χ4v) is 3.66. The minimum absolute atomic E-state index is 0.0178. The highest BCUT2D eigenvalue weighted by Crippen LogP contribution is 2.26. The molecule has 0 spiro atoms. The van der Waals surface area contributed by atoms with Crippen LogP contribution in [0.4, 0.5) is 0 Å². The van der Waals surface area contributed by atoms with Crippen molar-refractivity contribution in [3.8, 4) is 0 Å². The van der Waals surface area contributed by atoms with Crippen LogP contribution in [-0.2, 0) is 6.54 Å². The number of hydrogen-bond donors (Lipinski definition) is 1. The molecule has 5 nitrogen and oxygen atoms in total. The van der Waals surface area contributed by atoms with Crippen LogP contribution in [0.5, 0.6) is 0 Å². The third-order valence-electron chi connectivity index (χ3n) is 5.34. The van der Waals surface area contributed by atoms with Gasteiger partial charge in [-0.15, -0.1) is 0 Å². The number of aromatic nitrogens is 3. The number of hydrogen-bond acceptors (Lipinski definition) is 3. The summed E-state index contributed by atoms with van der Waals surface area (Å²) in [6.07, 6.45) is 0. The normalized spacial score (nSPS) is 11.3. The van der Waals surface area contributed by atoms with Crippen molar-refractivity contribution < 1.29 is 4.79 Å². The third-order valence-corrected chi connectivity index (χ3v) is 5.34. The highest BCUT2D eigenvalue weighted by molar-refractivity contribution is 6.07. The Balaban J connectivity index is 1.73. The molecule has 4 rings (SSSR count). The Morgan fingerprint density at radius 3 is 2.61 bits per heavy atom. The number of carbonyl (C=O) groups excluding carboxylic acids is 1.